The van der Waals surface area contributed by atoms with Crippen LogP contribution in [0.5, 0.6) is 5.75 Å². The zero-order valence-corrected chi connectivity index (χ0v) is 9.16. The highest BCUT2D eigenvalue weighted by atomic mass is 19.1. The quantitative estimate of drug-likeness (QED) is 0.756. The Hall–Kier alpha value is -1.13. The first-order valence-corrected chi connectivity index (χ1v) is 4.85. The molecule has 0 saturated carbocycles. The van der Waals surface area contributed by atoms with E-state index in [0.717, 1.165) is 6.42 Å². The normalized spacial score (nSPS) is 9.13. The fourth-order valence-corrected chi connectivity index (χ4v) is 0.883. The lowest BCUT2D eigenvalue weighted by Crippen LogP contribution is -1.95. The highest BCUT2D eigenvalue weighted by Crippen LogP contribution is 2.15. The predicted octanol–water partition coefficient (Wildman–Crippen LogP) is 1.82. The first kappa shape index (κ1) is 13.9. The van der Waals surface area contributed by atoms with Crippen molar-refractivity contribution in [3.8, 4) is 5.75 Å². The minimum atomic E-state index is -0.250. The number of hydrogen-bond donors (Lipinski definition) is 2. The summed E-state index contributed by atoms with van der Waals surface area (Å²) in [6, 6.07) is 4.93. The van der Waals surface area contributed by atoms with Gasteiger partial charge in [-0.2, -0.15) is 0 Å². The number of benzene rings is 1. The van der Waals surface area contributed by atoms with Crippen LogP contribution in [0.4, 0.5) is 4.39 Å². The first-order chi connectivity index (χ1) is 7.15. The molecule has 3 nitrogen and oxygen atoms in total. The van der Waals surface area contributed by atoms with E-state index < -0.39 is 0 Å². The maximum absolute atomic E-state index is 12.9. The van der Waals surface area contributed by atoms with Gasteiger partial charge in [0, 0.05) is 6.07 Å². The standard InChI is InChI=1S/C10H13FO.CH5NO/c1-3-6-12-9-5-4-8(2)10(11)7-9;2-1-3/h4-5,7H,3,6H2,1-2H3;3H,1-2H2. The molecule has 4 heteroatoms. The molecule has 0 bridgehead atoms. The molecule has 0 heterocycles. The molecule has 0 aliphatic rings. The van der Waals surface area contributed by atoms with Gasteiger partial charge in [-0.1, -0.05) is 13.0 Å². The Labute approximate surface area is 89.7 Å². The van der Waals surface area contributed by atoms with Crippen LogP contribution in [0, 0.1) is 12.7 Å². The van der Waals surface area contributed by atoms with Gasteiger partial charge in [-0.15, -0.1) is 0 Å². The molecule has 0 aromatic heterocycles. The second kappa shape index (κ2) is 8.20. The lowest BCUT2D eigenvalue weighted by Gasteiger charge is -2.04. The van der Waals surface area contributed by atoms with Crippen molar-refractivity contribution < 1.29 is 14.2 Å². The Morgan fingerprint density at radius 2 is 2.07 bits per heavy atom. The minimum Gasteiger partial charge on any atom is -0.494 e. The Kier molecular flexibility index (Phi) is 7.58. The van der Waals surface area contributed by atoms with Crippen LogP contribution in [0.3, 0.4) is 0 Å². The molecule has 15 heavy (non-hydrogen) atoms. The first-order valence-electron chi connectivity index (χ1n) is 4.85. The van der Waals surface area contributed by atoms with Crippen LogP contribution in [0.15, 0.2) is 18.2 Å². The van der Waals surface area contributed by atoms with Crippen LogP contribution in [-0.4, -0.2) is 18.4 Å². The van der Waals surface area contributed by atoms with Crippen LogP contribution >= 0.6 is 0 Å². The van der Waals surface area contributed by atoms with Gasteiger partial charge in [0.25, 0.3) is 0 Å². The molecule has 0 saturated heterocycles. The van der Waals surface area contributed by atoms with Crippen molar-refractivity contribution >= 4 is 0 Å². The van der Waals surface area contributed by atoms with Crippen molar-refractivity contribution in [2.24, 2.45) is 5.73 Å². The highest BCUT2D eigenvalue weighted by Gasteiger charge is 1.98. The van der Waals surface area contributed by atoms with Crippen molar-refractivity contribution in [2.75, 3.05) is 13.3 Å². The van der Waals surface area contributed by atoms with Gasteiger partial charge in [0.15, 0.2) is 0 Å². The third-order valence-electron chi connectivity index (χ3n) is 1.62. The molecule has 0 atom stereocenters. The largest absolute Gasteiger partial charge is 0.494 e. The summed E-state index contributed by atoms with van der Waals surface area (Å²) in [6.45, 7) is 4.14. The number of aliphatic hydroxyl groups excluding tert-OH is 1. The molecule has 3 N–H and O–H groups in total. The third-order valence-corrected chi connectivity index (χ3v) is 1.62. The van der Waals surface area contributed by atoms with Crippen molar-refractivity contribution in [2.45, 2.75) is 20.3 Å². The van der Waals surface area contributed by atoms with E-state index in [0.29, 0.717) is 17.9 Å². The minimum absolute atomic E-state index is 0.205. The van der Waals surface area contributed by atoms with E-state index in [9.17, 15) is 4.39 Å². The summed E-state index contributed by atoms with van der Waals surface area (Å²) in [6.07, 6.45) is 0.940. The monoisotopic (exact) mass is 215 g/mol. The molecule has 0 spiro atoms. The number of aryl methyl sites for hydroxylation is 1. The Bertz CT molecular complexity index is 279. The SMILES string of the molecule is CCCOc1ccc(C)c(F)c1.NCO. The smallest absolute Gasteiger partial charge is 0.129 e. The van der Waals surface area contributed by atoms with Gasteiger partial charge in [0.05, 0.1) is 13.3 Å². The van der Waals surface area contributed by atoms with Crippen LogP contribution in [0.25, 0.3) is 0 Å². The zero-order valence-electron chi connectivity index (χ0n) is 9.16. The van der Waals surface area contributed by atoms with Gasteiger partial charge in [-0.3, -0.25) is 0 Å². The molecule has 1 aromatic carbocycles. The summed E-state index contributed by atoms with van der Waals surface area (Å²) in [7, 11) is 0. The summed E-state index contributed by atoms with van der Waals surface area (Å²) < 4.78 is 18.2. The summed E-state index contributed by atoms with van der Waals surface area (Å²) in [5.41, 5.74) is 5.05. The molecular formula is C11H18FNO2. The number of hydrogen-bond acceptors (Lipinski definition) is 3. The summed E-state index contributed by atoms with van der Waals surface area (Å²) in [4.78, 5) is 0. The highest BCUT2D eigenvalue weighted by molar-refractivity contribution is 5.27. The molecule has 1 aromatic rings. The second-order valence-electron chi connectivity index (χ2n) is 2.94. The zero-order chi connectivity index (χ0) is 11.7. The Morgan fingerprint density at radius 3 is 2.53 bits per heavy atom. The van der Waals surface area contributed by atoms with Crippen LogP contribution in [0.2, 0.25) is 0 Å². The third kappa shape index (κ3) is 6.04. The van der Waals surface area contributed by atoms with Gasteiger partial charge in [0.2, 0.25) is 0 Å². The molecule has 1 rings (SSSR count). The van der Waals surface area contributed by atoms with E-state index in [-0.39, 0.29) is 12.5 Å². The summed E-state index contributed by atoms with van der Waals surface area (Å²) in [5.74, 6) is 0.406. The number of nitrogens with two attached hydrogens (primary N) is 1. The molecule has 0 aliphatic carbocycles. The number of rotatable bonds is 3. The fourth-order valence-electron chi connectivity index (χ4n) is 0.883. The Balaban J connectivity index is 0.000000583. The van der Waals surface area contributed by atoms with Gasteiger partial charge < -0.3 is 15.6 Å². The second-order valence-corrected chi connectivity index (χ2v) is 2.94. The maximum Gasteiger partial charge on any atom is 0.129 e. The number of ether oxygens (including phenoxy) is 1. The molecule has 0 radical (unpaired) electrons. The van der Waals surface area contributed by atoms with Crippen molar-refractivity contribution in [1.29, 1.82) is 0 Å². The number of aliphatic hydroxyl groups is 1. The lowest BCUT2D eigenvalue weighted by molar-refractivity contribution is 0.307. The average molecular weight is 215 g/mol. The lowest BCUT2D eigenvalue weighted by atomic mass is 10.2. The van der Waals surface area contributed by atoms with E-state index in [2.05, 4.69) is 5.73 Å². The van der Waals surface area contributed by atoms with Gasteiger partial charge >= 0.3 is 0 Å². The topological polar surface area (TPSA) is 55.5 Å². The van der Waals surface area contributed by atoms with E-state index in [4.69, 9.17) is 9.84 Å². The number of halogens is 1. The summed E-state index contributed by atoms with van der Waals surface area (Å²) in [5, 5.41) is 7.35. The van der Waals surface area contributed by atoms with E-state index in [1.54, 1.807) is 19.1 Å². The molecule has 0 aliphatic heterocycles. The average Bonchev–Trinajstić information content (AvgIpc) is 2.21. The van der Waals surface area contributed by atoms with Gasteiger partial charge in [0.1, 0.15) is 11.6 Å². The summed E-state index contributed by atoms with van der Waals surface area (Å²) >= 11 is 0. The predicted molar refractivity (Wildman–Crippen MR) is 58.2 cm³/mol. The van der Waals surface area contributed by atoms with Gasteiger partial charge in [-0.05, 0) is 25.0 Å². The molecule has 86 valence electrons. The Morgan fingerprint density at radius 1 is 1.47 bits per heavy atom. The van der Waals surface area contributed by atoms with E-state index >= 15 is 0 Å². The van der Waals surface area contributed by atoms with Crippen LogP contribution in [-0.2, 0) is 0 Å². The molecule has 0 unspecified atom stereocenters. The maximum atomic E-state index is 12.9. The van der Waals surface area contributed by atoms with Crippen LogP contribution < -0.4 is 10.5 Å². The van der Waals surface area contributed by atoms with Crippen molar-refractivity contribution in [3.05, 3.63) is 29.6 Å². The molecular weight excluding hydrogens is 197 g/mol. The molecule has 0 amide bonds. The van der Waals surface area contributed by atoms with Crippen molar-refractivity contribution in [3.63, 3.8) is 0 Å². The fraction of sp³-hybridized carbons (Fsp3) is 0.455. The van der Waals surface area contributed by atoms with E-state index in [1.165, 1.54) is 6.07 Å². The molecule has 0 fully saturated rings. The van der Waals surface area contributed by atoms with E-state index in [1.807, 2.05) is 6.92 Å². The van der Waals surface area contributed by atoms with Gasteiger partial charge in [-0.25, -0.2) is 4.39 Å². The van der Waals surface area contributed by atoms with Crippen molar-refractivity contribution in [1.82, 2.24) is 0 Å². The van der Waals surface area contributed by atoms with Crippen LogP contribution in [0.1, 0.15) is 18.9 Å².